The zero-order chi connectivity index (χ0) is 21.0. The molecule has 148 valence electrons. The molecule has 3 aromatic heterocycles. The summed E-state index contributed by atoms with van der Waals surface area (Å²) in [5.41, 5.74) is 3.96. The second-order valence-electron chi connectivity index (χ2n) is 6.28. The van der Waals surface area contributed by atoms with Crippen LogP contribution < -0.4 is 5.73 Å². The largest absolute Gasteiger partial charge is 0.458 e. The van der Waals surface area contributed by atoms with E-state index in [1.165, 1.54) is 18.2 Å². The number of amides is 1. The summed E-state index contributed by atoms with van der Waals surface area (Å²) in [5.74, 6) is -6.00. The summed E-state index contributed by atoms with van der Waals surface area (Å²) in [6, 6.07) is 11.0. The number of pyridine rings is 2. The van der Waals surface area contributed by atoms with E-state index in [0.29, 0.717) is 5.56 Å². The highest BCUT2D eigenvalue weighted by molar-refractivity contribution is 5.93. The van der Waals surface area contributed by atoms with E-state index >= 15 is 0 Å². The van der Waals surface area contributed by atoms with Crippen molar-refractivity contribution in [3.8, 4) is 11.3 Å². The summed E-state index contributed by atoms with van der Waals surface area (Å²) < 4.78 is 69.4. The van der Waals surface area contributed by atoms with Gasteiger partial charge in [0.1, 0.15) is 17.0 Å². The van der Waals surface area contributed by atoms with Crippen molar-refractivity contribution < 1.29 is 26.7 Å². The molecule has 0 aliphatic heterocycles. The van der Waals surface area contributed by atoms with Crippen LogP contribution in [0.5, 0.6) is 0 Å². The highest BCUT2D eigenvalue weighted by Gasteiger charge is 2.59. The molecule has 5 nitrogen and oxygen atoms in total. The van der Waals surface area contributed by atoms with Gasteiger partial charge in [-0.2, -0.15) is 22.0 Å². The van der Waals surface area contributed by atoms with Gasteiger partial charge in [0, 0.05) is 22.7 Å². The van der Waals surface area contributed by atoms with Crippen LogP contribution in [-0.4, -0.2) is 26.5 Å². The number of carbonyl (C=O) groups is 1. The molecule has 0 spiro atoms. The summed E-state index contributed by atoms with van der Waals surface area (Å²) in [4.78, 5) is 19.6. The lowest BCUT2D eigenvalue weighted by Crippen LogP contribution is -2.34. The van der Waals surface area contributed by atoms with Gasteiger partial charge in [-0.15, -0.1) is 0 Å². The number of benzene rings is 1. The highest BCUT2D eigenvalue weighted by atomic mass is 19.4. The normalized spacial score (nSPS) is 12.6. The molecule has 10 heteroatoms. The number of halogens is 5. The first-order chi connectivity index (χ1) is 13.6. The van der Waals surface area contributed by atoms with Crippen LogP contribution in [0.25, 0.3) is 27.9 Å². The van der Waals surface area contributed by atoms with Gasteiger partial charge in [0.2, 0.25) is 0 Å². The van der Waals surface area contributed by atoms with Crippen molar-refractivity contribution in [1.82, 2.24) is 14.4 Å². The Balaban J connectivity index is 2.13. The monoisotopic (exact) mass is 406 g/mol. The first-order valence-electron chi connectivity index (χ1n) is 8.22. The van der Waals surface area contributed by atoms with Gasteiger partial charge in [-0.25, -0.2) is 9.97 Å². The number of hydrogen-bond acceptors (Lipinski definition) is 3. The number of nitrogens with zero attached hydrogens (tertiary/aromatic N) is 3. The van der Waals surface area contributed by atoms with Crippen LogP contribution in [0.3, 0.4) is 0 Å². The maximum Gasteiger partial charge on any atom is 0.458 e. The topological polar surface area (TPSA) is 73.3 Å². The Bertz CT molecular complexity index is 1250. The fourth-order valence-corrected chi connectivity index (χ4v) is 3.02. The SMILES string of the molecule is NC(=O)c1cn2c(ccc3c(C(F)(F)C(F)(F)F)cc(-c4ccccc4)nc32)n1. The molecular formula is C19H11F5N4O. The van der Waals surface area contributed by atoms with Crippen molar-refractivity contribution in [1.29, 1.82) is 0 Å². The van der Waals surface area contributed by atoms with Crippen molar-refractivity contribution in [2.45, 2.75) is 12.1 Å². The van der Waals surface area contributed by atoms with E-state index in [1.807, 2.05) is 0 Å². The molecular weight excluding hydrogens is 395 g/mol. The number of carbonyl (C=O) groups excluding carboxylic acids is 1. The molecule has 3 heterocycles. The first kappa shape index (κ1) is 18.8. The molecule has 0 atom stereocenters. The van der Waals surface area contributed by atoms with Crippen LogP contribution in [-0.2, 0) is 5.92 Å². The van der Waals surface area contributed by atoms with E-state index in [1.54, 1.807) is 18.2 Å². The predicted octanol–water partition coefficient (Wildman–Crippen LogP) is 4.30. The average Bonchev–Trinajstić information content (AvgIpc) is 3.12. The molecule has 0 radical (unpaired) electrons. The van der Waals surface area contributed by atoms with Gasteiger partial charge in [-0.3, -0.25) is 9.20 Å². The summed E-state index contributed by atoms with van der Waals surface area (Å²) in [5, 5.41) is -0.423. The van der Waals surface area contributed by atoms with Gasteiger partial charge in [0.05, 0.1) is 5.69 Å². The minimum atomic E-state index is -5.81. The van der Waals surface area contributed by atoms with Crippen LogP contribution in [0.2, 0.25) is 0 Å². The number of aromatic nitrogens is 3. The molecule has 0 fully saturated rings. The van der Waals surface area contributed by atoms with E-state index in [0.717, 1.165) is 22.7 Å². The third-order valence-electron chi connectivity index (χ3n) is 4.42. The summed E-state index contributed by atoms with van der Waals surface area (Å²) in [6.07, 6.45) is -4.66. The predicted molar refractivity (Wildman–Crippen MR) is 94.4 cm³/mol. The Kier molecular flexibility index (Phi) is 4.03. The Morgan fingerprint density at radius 2 is 1.66 bits per heavy atom. The number of nitrogens with two attached hydrogens (primary N) is 1. The minimum Gasteiger partial charge on any atom is -0.364 e. The first-order valence-corrected chi connectivity index (χ1v) is 8.22. The molecule has 0 saturated heterocycles. The maximum absolute atomic E-state index is 14.4. The van der Waals surface area contributed by atoms with Crippen molar-refractivity contribution >= 4 is 22.6 Å². The van der Waals surface area contributed by atoms with Gasteiger partial charge in [0.15, 0.2) is 0 Å². The van der Waals surface area contributed by atoms with Gasteiger partial charge in [0.25, 0.3) is 5.91 Å². The van der Waals surface area contributed by atoms with Crippen LogP contribution in [0.4, 0.5) is 22.0 Å². The van der Waals surface area contributed by atoms with E-state index in [-0.39, 0.29) is 22.7 Å². The van der Waals surface area contributed by atoms with Gasteiger partial charge in [-0.1, -0.05) is 30.3 Å². The molecule has 4 aromatic rings. The number of primary amides is 1. The molecule has 29 heavy (non-hydrogen) atoms. The van der Waals surface area contributed by atoms with Crippen molar-refractivity contribution in [2.24, 2.45) is 5.73 Å². The molecule has 0 unspecified atom stereocenters. The third kappa shape index (κ3) is 2.96. The second kappa shape index (κ2) is 6.23. The molecule has 2 N–H and O–H groups in total. The number of alkyl halides is 5. The smallest absolute Gasteiger partial charge is 0.364 e. The van der Waals surface area contributed by atoms with Crippen LogP contribution >= 0.6 is 0 Å². The quantitative estimate of drug-likeness (QED) is 0.516. The van der Waals surface area contributed by atoms with Gasteiger partial charge >= 0.3 is 12.1 Å². The van der Waals surface area contributed by atoms with E-state index < -0.39 is 29.0 Å². The summed E-state index contributed by atoms with van der Waals surface area (Å²) >= 11 is 0. The summed E-state index contributed by atoms with van der Waals surface area (Å²) in [7, 11) is 0. The molecule has 0 aliphatic rings. The number of fused-ring (bicyclic) bond motifs is 3. The molecule has 0 saturated carbocycles. The number of rotatable bonds is 3. The second-order valence-corrected chi connectivity index (χ2v) is 6.28. The Morgan fingerprint density at radius 3 is 2.28 bits per heavy atom. The lowest BCUT2D eigenvalue weighted by atomic mass is 10.0. The van der Waals surface area contributed by atoms with E-state index in [4.69, 9.17) is 5.73 Å². The Morgan fingerprint density at radius 1 is 0.966 bits per heavy atom. The zero-order valence-electron chi connectivity index (χ0n) is 14.4. The highest BCUT2D eigenvalue weighted by Crippen LogP contribution is 2.46. The average molecular weight is 406 g/mol. The fourth-order valence-electron chi connectivity index (χ4n) is 3.02. The maximum atomic E-state index is 14.4. The van der Waals surface area contributed by atoms with Crippen LogP contribution in [0.1, 0.15) is 16.1 Å². The number of imidazole rings is 1. The van der Waals surface area contributed by atoms with Crippen molar-refractivity contribution in [3.63, 3.8) is 0 Å². The molecule has 1 amide bonds. The zero-order valence-corrected chi connectivity index (χ0v) is 14.4. The van der Waals surface area contributed by atoms with Crippen LogP contribution in [0.15, 0.2) is 54.7 Å². The van der Waals surface area contributed by atoms with E-state index in [9.17, 15) is 26.7 Å². The Hall–Kier alpha value is -3.56. The van der Waals surface area contributed by atoms with Gasteiger partial charge in [-0.05, 0) is 18.2 Å². The Labute approximate surface area is 159 Å². The molecule has 4 rings (SSSR count). The standard InChI is InChI=1S/C19H11F5N4O/c20-18(21,19(22,23)24)12-8-13(10-4-2-1-3-5-10)27-17-11(12)6-7-15-26-14(16(25)29)9-28(15)17/h1-9H,(H2,25,29). The molecule has 1 aromatic carbocycles. The molecule has 0 bridgehead atoms. The van der Waals surface area contributed by atoms with Crippen LogP contribution in [0, 0.1) is 0 Å². The van der Waals surface area contributed by atoms with Gasteiger partial charge < -0.3 is 5.73 Å². The molecule has 0 aliphatic carbocycles. The third-order valence-corrected chi connectivity index (χ3v) is 4.42. The number of hydrogen-bond donors (Lipinski definition) is 1. The minimum absolute atomic E-state index is 0.0844. The van der Waals surface area contributed by atoms with Crippen molar-refractivity contribution in [2.75, 3.05) is 0 Å². The van der Waals surface area contributed by atoms with Crippen molar-refractivity contribution in [3.05, 3.63) is 66.0 Å². The summed E-state index contributed by atoms with van der Waals surface area (Å²) in [6.45, 7) is 0. The fraction of sp³-hybridized carbons (Fsp3) is 0.105. The van der Waals surface area contributed by atoms with E-state index in [2.05, 4.69) is 9.97 Å². The lowest BCUT2D eigenvalue weighted by Gasteiger charge is -2.22. The lowest BCUT2D eigenvalue weighted by molar-refractivity contribution is -0.288.